The standard InChI is InChI=1S/C23H18N2O5/c1-12-19(21(26)13-6-4-3-5-7-13)18(24-20(12)23(28)29)11-16-15-10-14(30-2)8-9-17(15)25-22(16)27/h3-11,24H,1-2H3,(H,25,27)(H,28,29). The van der Waals surface area contributed by atoms with E-state index in [1.54, 1.807) is 55.5 Å². The van der Waals surface area contributed by atoms with Gasteiger partial charge in [0.1, 0.15) is 11.4 Å². The first-order valence-electron chi connectivity index (χ1n) is 9.17. The minimum Gasteiger partial charge on any atom is -0.497 e. The number of amides is 1. The lowest BCUT2D eigenvalue weighted by molar-refractivity contribution is -0.110. The molecule has 0 saturated heterocycles. The van der Waals surface area contributed by atoms with E-state index in [-0.39, 0.29) is 28.6 Å². The molecule has 150 valence electrons. The lowest BCUT2D eigenvalue weighted by Crippen LogP contribution is -2.06. The molecule has 3 N–H and O–H groups in total. The maximum atomic E-state index is 13.2. The molecule has 0 atom stereocenters. The monoisotopic (exact) mass is 402 g/mol. The van der Waals surface area contributed by atoms with Crippen LogP contribution in [0.1, 0.15) is 43.2 Å². The van der Waals surface area contributed by atoms with Gasteiger partial charge in [-0.3, -0.25) is 9.59 Å². The van der Waals surface area contributed by atoms with E-state index < -0.39 is 5.97 Å². The van der Waals surface area contributed by atoms with Gasteiger partial charge in [0.2, 0.25) is 0 Å². The predicted molar refractivity (Wildman–Crippen MR) is 112 cm³/mol. The Bertz CT molecular complexity index is 1220. The average Bonchev–Trinajstić information content (AvgIpc) is 3.24. The second kappa shape index (κ2) is 7.36. The fourth-order valence-electron chi connectivity index (χ4n) is 3.55. The van der Waals surface area contributed by atoms with Crippen molar-refractivity contribution in [3.05, 3.63) is 82.2 Å². The van der Waals surface area contributed by atoms with Crippen molar-refractivity contribution in [3.8, 4) is 5.75 Å². The van der Waals surface area contributed by atoms with Crippen LogP contribution in [0.2, 0.25) is 0 Å². The number of aromatic carboxylic acids is 1. The van der Waals surface area contributed by atoms with Gasteiger partial charge in [-0.05, 0) is 36.8 Å². The number of aromatic amines is 1. The molecule has 0 unspecified atom stereocenters. The summed E-state index contributed by atoms with van der Waals surface area (Å²) in [5.41, 5.74) is 2.66. The van der Waals surface area contributed by atoms with Gasteiger partial charge in [-0.15, -0.1) is 0 Å². The van der Waals surface area contributed by atoms with E-state index in [9.17, 15) is 19.5 Å². The minimum atomic E-state index is -1.18. The summed E-state index contributed by atoms with van der Waals surface area (Å²) in [5.74, 6) is -1.28. The van der Waals surface area contributed by atoms with Crippen LogP contribution < -0.4 is 10.1 Å². The van der Waals surface area contributed by atoms with Gasteiger partial charge in [0.15, 0.2) is 5.78 Å². The molecule has 1 aromatic heterocycles. The highest BCUT2D eigenvalue weighted by molar-refractivity contribution is 6.35. The lowest BCUT2D eigenvalue weighted by Gasteiger charge is -2.05. The van der Waals surface area contributed by atoms with E-state index in [4.69, 9.17) is 4.74 Å². The molecule has 4 rings (SSSR count). The van der Waals surface area contributed by atoms with E-state index in [2.05, 4.69) is 10.3 Å². The number of nitrogens with one attached hydrogen (secondary N) is 2. The Labute approximate surface area is 172 Å². The van der Waals surface area contributed by atoms with Gasteiger partial charge in [0, 0.05) is 16.8 Å². The average molecular weight is 402 g/mol. The Hall–Kier alpha value is -4.13. The number of carbonyl (C=O) groups is 3. The van der Waals surface area contributed by atoms with Crippen LogP contribution in [0, 0.1) is 6.92 Å². The summed E-state index contributed by atoms with van der Waals surface area (Å²) in [7, 11) is 1.53. The molecular weight excluding hydrogens is 384 g/mol. The van der Waals surface area contributed by atoms with Crippen LogP contribution in [0.4, 0.5) is 5.69 Å². The number of anilines is 1. The van der Waals surface area contributed by atoms with Crippen molar-refractivity contribution < 1.29 is 24.2 Å². The predicted octanol–water partition coefficient (Wildman–Crippen LogP) is 3.75. The van der Waals surface area contributed by atoms with Crippen LogP contribution >= 0.6 is 0 Å². The van der Waals surface area contributed by atoms with Crippen LogP contribution in [-0.4, -0.2) is 34.9 Å². The zero-order valence-corrected chi connectivity index (χ0v) is 16.3. The highest BCUT2D eigenvalue weighted by Crippen LogP contribution is 2.36. The SMILES string of the molecule is COc1ccc2c(c1)C(=Cc1[nH]c(C(=O)O)c(C)c1C(=O)c1ccccc1)C(=O)N2. The number of H-pyrrole nitrogens is 1. The largest absolute Gasteiger partial charge is 0.497 e. The number of carboxylic acids is 1. The first-order chi connectivity index (χ1) is 14.4. The Kier molecular flexibility index (Phi) is 4.71. The molecule has 7 heteroatoms. The third kappa shape index (κ3) is 3.16. The molecule has 0 spiro atoms. The lowest BCUT2D eigenvalue weighted by atomic mass is 9.97. The zero-order valence-electron chi connectivity index (χ0n) is 16.3. The topological polar surface area (TPSA) is 108 Å². The summed E-state index contributed by atoms with van der Waals surface area (Å²) in [6.45, 7) is 1.57. The maximum Gasteiger partial charge on any atom is 0.352 e. The third-order valence-electron chi connectivity index (χ3n) is 5.05. The molecular formula is C23H18N2O5. The van der Waals surface area contributed by atoms with E-state index in [1.807, 2.05) is 0 Å². The van der Waals surface area contributed by atoms with Crippen molar-refractivity contribution in [2.75, 3.05) is 12.4 Å². The van der Waals surface area contributed by atoms with E-state index in [1.165, 1.54) is 13.2 Å². The highest BCUT2D eigenvalue weighted by Gasteiger charge is 2.28. The molecule has 0 fully saturated rings. The summed E-state index contributed by atoms with van der Waals surface area (Å²) >= 11 is 0. The maximum absolute atomic E-state index is 13.2. The summed E-state index contributed by atoms with van der Waals surface area (Å²) in [5, 5.41) is 12.3. The number of rotatable bonds is 5. The summed E-state index contributed by atoms with van der Waals surface area (Å²) < 4.78 is 5.24. The smallest absolute Gasteiger partial charge is 0.352 e. The number of carbonyl (C=O) groups excluding carboxylic acids is 2. The first kappa shape index (κ1) is 19.2. The van der Waals surface area contributed by atoms with Crippen LogP contribution in [0.25, 0.3) is 11.6 Å². The summed E-state index contributed by atoms with van der Waals surface area (Å²) in [4.78, 5) is 40.2. The molecule has 0 saturated carbocycles. The Morgan fingerprint density at radius 1 is 1.10 bits per heavy atom. The quantitative estimate of drug-likeness (QED) is 0.445. The van der Waals surface area contributed by atoms with Crippen molar-refractivity contribution in [3.63, 3.8) is 0 Å². The fraction of sp³-hybridized carbons (Fsp3) is 0.0870. The van der Waals surface area contributed by atoms with Crippen molar-refractivity contribution in [2.45, 2.75) is 6.92 Å². The van der Waals surface area contributed by atoms with Crippen molar-refractivity contribution >= 4 is 35.0 Å². The first-order valence-corrected chi connectivity index (χ1v) is 9.17. The second-order valence-electron chi connectivity index (χ2n) is 6.84. The second-order valence-corrected chi connectivity index (χ2v) is 6.84. The van der Waals surface area contributed by atoms with Gasteiger partial charge in [0.25, 0.3) is 5.91 Å². The molecule has 1 aliphatic rings. The van der Waals surface area contributed by atoms with Gasteiger partial charge in [-0.1, -0.05) is 30.3 Å². The molecule has 3 aromatic rings. The van der Waals surface area contributed by atoms with Gasteiger partial charge < -0.3 is 20.1 Å². The van der Waals surface area contributed by atoms with Gasteiger partial charge in [-0.25, -0.2) is 4.79 Å². The fourth-order valence-corrected chi connectivity index (χ4v) is 3.55. The number of methoxy groups -OCH3 is 1. The molecule has 1 aliphatic heterocycles. The van der Waals surface area contributed by atoms with Crippen LogP contribution in [0.5, 0.6) is 5.75 Å². The molecule has 7 nitrogen and oxygen atoms in total. The van der Waals surface area contributed by atoms with Gasteiger partial charge >= 0.3 is 5.97 Å². The summed E-state index contributed by atoms with van der Waals surface area (Å²) in [6, 6.07) is 13.8. The number of aromatic nitrogens is 1. The number of fused-ring (bicyclic) bond motifs is 1. The Morgan fingerprint density at radius 2 is 1.83 bits per heavy atom. The number of benzene rings is 2. The minimum absolute atomic E-state index is 0.0922. The van der Waals surface area contributed by atoms with E-state index >= 15 is 0 Å². The van der Waals surface area contributed by atoms with Crippen molar-refractivity contribution in [1.82, 2.24) is 4.98 Å². The zero-order chi connectivity index (χ0) is 21.4. The van der Waals surface area contributed by atoms with E-state index in [0.717, 1.165) is 0 Å². The molecule has 0 radical (unpaired) electrons. The number of ketones is 1. The number of hydrogen-bond acceptors (Lipinski definition) is 4. The molecule has 0 aliphatic carbocycles. The molecule has 2 aromatic carbocycles. The van der Waals surface area contributed by atoms with E-state index in [0.29, 0.717) is 33.7 Å². The van der Waals surface area contributed by atoms with Gasteiger partial charge in [0.05, 0.1) is 23.9 Å². The normalized spacial score (nSPS) is 13.8. The highest BCUT2D eigenvalue weighted by atomic mass is 16.5. The molecule has 30 heavy (non-hydrogen) atoms. The van der Waals surface area contributed by atoms with Crippen molar-refractivity contribution in [2.24, 2.45) is 0 Å². The number of carboxylic acid groups (broad SMARTS) is 1. The van der Waals surface area contributed by atoms with Crippen molar-refractivity contribution in [1.29, 1.82) is 0 Å². The molecule has 2 heterocycles. The number of ether oxygens (including phenoxy) is 1. The molecule has 1 amide bonds. The Balaban J connectivity index is 1.90. The van der Waals surface area contributed by atoms with Gasteiger partial charge in [-0.2, -0.15) is 0 Å². The Morgan fingerprint density at radius 3 is 2.50 bits per heavy atom. The summed E-state index contributed by atoms with van der Waals surface area (Å²) in [6.07, 6.45) is 1.51. The molecule has 0 bridgehead atoms. The van der Waals surface area contributed by atoms with Crippen LogP contribution in [0.15, 0.2) is 48.5 Å². The third-order valence-corrected chi connectivity index (χ3v) is 5.05. The number of hydrogen-bond donors (Lipinski definition) is 3. The van der Waals surface area contributed by atoms with Crippen LogP contribution in [-0.2, 0) is 4.79 Å². The van der Waals surface area contributed by atoms with Crippen LogP contribution in [0.3, 0.4) is 0 Å².